The Morgan fingerprint density at radius 1 is 1.27 bits per heavy atom. The van der Waals surface area contributed by atoms with Gasteiger partial charge in [0, 0.05) is 11.8 Å². The molecule has 5 heteroatoms. The van der Waals surface area contributed by atoms with Gasteiger partial charge < -0.3 is 9.52 Å². The van der Waals surface area contributed by atoms with Gasteiger partial charge in [-0.15, -0.1) is 10.2 Å². The highest BCUT2D eigenvalue weighted by Gasteiger charge is 2.04. The Labute approximate surface area is 91.3 Å². The quantitative estimate of drug-likeness (QED) is 0.861. The van der Waals surface area contributed by atoms with Gasteiger partial charge in [-0.2, -0.15) is 0 Å². The zero-order valence-electron chi connectivity index (χ0n) is 8.17. The van der Waals surface area contributed by atoms with E-state index in [1.54, 1.807) is 6.92 Å². The first-order valence-electron chi connectivity index (χ1n) is 4.45. The van der Waals surface area contributed by atoms with Gasteiger partial charge in [0.2, 0.25) is 5.89 Å². The predicted molar refractivity (Wildman–Crippen MR) is 55.5 cm³/mol. The third-order valence-electron chi connectivity index (χ3n) is 1.82. The molecule has 0 bridgehead atoms. The summed E-state index contributed by atoms with van der Waals surface area (Å²) in [5.74, 6) is 0.560. The zero-order chi connectivity index (χ0) is 10.7. The Kier molecular flexibility index (Phi) is 3.03. The molecule has 0 unspecified atom stereocenters. The lowest BCUT2D eigenvalue weighted by Gasteiger charge is -1.98. The van der Waals surface area contributed by atoms with Crippen molar-refractivity contribution < 1.29 is 9.52 Å². The number of hydrogen-bond donors (Lipinski definition) is 1. The second-order valence-electron chi connectivity index (χ2n) is 2.99. The Hall–Kier alpha value is -1.33. The van der Waals surface area contributed by atoms with E-state index >= 15 is 0 Å². The molecular formula is C10H10N2O2S. The molecule has 0 aliphatic rings. The summed E-state index contributed by atoms with van der Waals surface area (Å²) in [7, 11) is 0. The van der Waals surface area contributed by atoms with Gasteiger partial charge in [-0.25, -0.2) is 0 Å². The SMILES string of the molecule is Cc1nnc(Sc2ccc(CO)cc2)o1. The molecule has 0 saturated carbocycles. The van der Waals surface area contributed by atoms with Gasteiger partial charge in [0.15, 0.2) is 0 Å². The molecular weight excluding hydrogens is 212 g/mol. The van der Waals surface area contributed by atoms with E-state index in [0.717, 1.165) is 10.5 Å². The maximum Gasteiger partial charge on any atom is 0.281 e. The molecule has 0 aliphatic carbocycles. The van der Waals surface area contributed by atoms with Crippen molar-refractivity contribution >= 4 is 11.8 Å². The van der Waals surface area contributed by atoms with Crippen molar-refractivity contribution in [1.82, 2.24) is 10.2 Å². The van der Waals surface area contributed by atoms with E-state index in [2.05, 4.69) is 10.2 Å². The van der Waals surface area contributed by atoms with Crippen LogP contribution in [0.5, 0.6) is 0 Å². The number of hydrogen-bond acceptors (Lipinski definition) is 5. The van der Waals surface area contributed by atoms with E-state index in [4.69, 9.17) is 9.52 Å². The van der Waals surface area contributed by atoms with Crippen molar-refractivity contribution in [3.63, 3.8) is 0 Å². The minimum absolute atomic E-state index is 0.0601. The van der Waals surface area contributed by atoms with Gasteiger partial charge in [0.25, 0.3) is 5.22 Å². The van der Waals surface area contributed by atoms with Crippen LogP contribution in [0, 0.1) is 6.92 Å². The van der Waals surface area contributed by atoms with Crippen LogP contribution in [0.15, 0.2) is 38.8 Å². The fraction of sp³-hybridized carbons (Fsp3) is 0.200. The molecule has 4 nitrogen and oxygen atoms in total. The highest BCUT2D eigenvalue weighted by molar-refractivity contribution is 7.99. The van der Waals surface area contributed by atoms with Gasteiger partial charge in [-0.1, -0.05) is 12.1 Å². The van der Waals surface area contributed by atoms with Gasteiger partial charge >= 0.3 is 0 Å². The number of rotatable bonds is 3. The van der Waals surface area contributed by atoms with Crippen molar-refractivity contribution in [2.75, 3.05) is 0 Å². The number of aryl methyl sites for hydroxylation is 1. The van der Waals surface area contributed by atoms with Gasteiger partial charge in [-0.3, -0.25) is 0 Å². The first-order chi connectivity index (χ1) is 7.28. The van der Waals surface area contributed by atoms with Crippen LogP contribution in [0.3, 0.4) is 0 Å². The second-order valence-corrected chi connectivity index (χ2v) is 4.02. The summed E-state index contributed by atoms with van der Waals surface area (Å²) in [6.45, 7) is 1.82. The molecule has 15 heavy (non-hydrogen) atoms. The molecule has 1 aromatic carbocycles. The average Bonchev–Trinajstić information content (AvgIpc) is 2.65. The van der Waals surface area contributed by atoms with Crippen LogP contribution in [0.4, 0.5) is 0 Å². The molecule has 1 aromatic heterocycles. The Balaban J connectivity index is 2.11. The molecule has 1 heterocycles. The van der Waals surface area contributed by atoms with Crippen LogP contribution in [0.25, 0.3) is 0 Å². The molecule has 0 atom stereocenters. The van der Waals surface area contributed by atoms with Crippen LogP contribution in [-0.4, -0.2) is 15.3 Å². The van der Waals surface area contributed by atoms with Crippen LogP contribution < -0.4 is 0 Å². The first-order valence-corrected chi connectivity index (χ1v) is 5.27. The minimum Gasteiger partial charge on any atom is -0.416 e. The molecule has 0 amide bonds. The summed E-state index contributed by atoms with van der Waals surface area (Å²) < 4.78 is 5.24. The molecule has 2 aromatic rings. The number of aromatic nitrogens is 2. The molecule has 0 fully saturated rings. The highest BCUT2D eigenvalue weighted by atomic mass is 32.2. The van der Waals surface area contributed by atoms with E-state index in [-0.39, 0.29) is 6.61 Å². The second kappa shape index (κ2) is 4.46. The van der Waals surface area contributed by atoms with E-state index in [1.165, 1.54) is 11.8 Å². The monoisotopic (exact) mass is 222 g/mol. The topological polar surface area (TPSA) is 59.2 Å². The van der Waals surface area contributed by atoms with Crippen LogP contribution in [0.2, 0.25) is 0 Å². The highest BCUT2D eigenvalue weighted by Crippen LogP contribution is 2.26. The fourth-order valence-corrected chi connectivity index (χ4v) is 1.80. The summed E-state index contributed by atoms with van der Waals surface area (Å²) in [5, 5.41) is 17.0. The van der Waals surface area contributed by atoms with Crippen molar-refractivity contribution in [2.45, 2.75) is 23.6 Å². The van der Waals surface area contributed by atoms with Crippen molar-refractivity contribution in [3.8, 4) is 0 Å². The molecule has 0 spiro atoms. The summed E-state index contributed by atoms with van der Waals surface area (Å²) >= 11 is 1.41. The summed E-state index contributed by atoms with van der Waals surface area (Å²) in [5.41, 5.74) is 0.890. The summed E-state index contributed by atoms with van der Waals surface area (Å²) in [6.07, 6.45) is 0. The number of aliphatic hydroxyl groups excluding tert-OH is 1. The smallest absolute Gasteiger partial charge is 0.281 e. The standard InChI is InChI=1S/C10H10N2O2S/c1-7-11-12-10(14-7)15-9-4-2-8(6-13)3-5-9/h2-5,13H,6H2,1H3. The van der Waals surface area contributed by atoms with Crippen molar-refractivity contribution in [3.05, 3.63) is 35.7 Å². The Morgan fingerprint density at radius 2 is 2.00 bits per heavy atom. The first kappa shape index (κ1) is 10.2. The van der Waals surface area contributed by atoms with Crippen molar-refractivity contribution in [1.29, 1.82) is 0 Å². The minimum atomic E-state index is 0.0601. The lowest BCUT2D eigenvalue weighted by Crippen LogP contribution is -1.81. The van der Waals surface area contributed by atoms with E-state index in [0.29, 0.717) is 11.1 Å². The normalized spacial score (nSPS) is 10.5. The summed E-state index contributed by atoms with van der Waals surface area (Å²) in [4.78, 5) is 1.01. The Morgan fingerprint density at radius 3 is 2.53 bits per heavy atom. The average molecular weight is 222 g/mol. The maximum atomic E-state index is 8.87. The summed E-state index contributed by atoms with van der Waals surface area (Å²) in [6, 6.07) is 7.56. The van der Waals surface area contributed by atoms with Crippen molar-refractivity contribution in [2.24, 2.45) is 0 Å². The third kappa shape index (κ3) is 2.57. The van der Waals surface area contributed by atoms with E-state index in [1.807, 2.05) is 24.3 Å². The molecule has 2 rings (SSSR count). The predicted octanol–water partition coefficient (Wildman–Crippen LogP) is 2.02. The third-order valence-corrected chi connectivity index (χ3v) is 2.67. The maximum absolute atomic E-state index is 8.87. The van der Waals surface area contributed by atoms with Crippen LogP contribution in [-0.2, 0) is 6.61 Å². The number of nitrogens with zero attached hydrogens (tertiary/aromatic N) is 2. The molecule has 1 N–H and O–H groups in total. The van der Waals surface area contributed by atoms with E-state index in [9.17, 15) is 0 Å². The molecule has 0 aliphatic heterocycles. The number of aliphatic hydroxyl groups is 1. The Bertz CT molecular complexity index is 439. The fourth-order valence-electron chi connectivity index (χ4n) is 1.08. The number of benzene rings is 1. The van der Waals surface area contributed by atoms with Crippen LogP contribution in [0.1, 0.15) is 11.5 Å². The van der Waals surface area contributed by atoms with Crippen LogP contribution >= 0.6 is 11.8 Å². The van der Waals surface area contributed by atoms with E-state index < -0.39 is 0 Å². The zero-order valence-corrected chi connectivity index (χ0v) is 8.99. The van der Waals surface area contributed by atoms with Gasteiger partial charge in [0.1, 0.15) is 0 Å². The largest absolute Gasteiger partial charge is 0.416 e. The lowest BCUT2D eigenvalue weighted by molar-refractivity contribution is 0.282. The molecule has 78 valence electrons. The lowest BCUT2D eigenvalue weighted by atomic mass is 10.2. The van der Waals surface area contributed by atoms with Gasteiger partial charge in [0.05, 0.1) is 6.61 Å². The van der Waals surface area contributed by atoms with Gasteiger partial charge in [-0.05, 0) is 29.5 Å². The molecule has 0 saturated heterocycles. The molecule has 0 radical (unpaired) electrons.